The quantitative estimate of drug-likeness (QED) is 0.856. The highest BCUT2D eigenvalue weighted by atomic mass is 32.2. The lowest BCUT2D eigenvalue weighted by molar-refractivity contribution is 0.0601. The summed E-state index contributed by atoms with van der Waals surface area (Å²) in [6, 6.07) is 14.3. The van der Waals surface area contributed by atoms with Gasteiger partial charge in [0.15, 0.2) is 0 Å². The molecule has 0 aromatic heterocycles. The van der Waals surface area contributed by atoms with Crippen LogP contribution in [0.25, 0.3) is 0 Å². The van der Waals surface area contributed by atoms with E-state index in [1.807, 2.05) is 24.3 Å². The molecule has 2 amide bonds. The van der Waals surface area contributed by atoms with E-state index in [0.29, 0.717) is 17.8 Å². The van der Waals surface area contributed by atoms with Gasteiger partial charge in [-0.1, -0.05) is 12.1 Å². The molecule has 118 valence electrons. The van der Waals surface area contributed by atoms with Gasteiger partial charge in [-0.2, -0.15) is 0 Å². The van der Waals surface area contributed by atoms with Gasteiger partial charge in [-0.3, -0.25) is 4.90 Å². The number of thioether (sulfide) groups is 1. The van der Waals surface area contributed by atoms with Crippen molar-refractivity contribution in [2.45, 2.75) is 4.90 Å². The molecule has 2 aromatic rings. The lowest BCUT2D eigenvalue weighted by Gasteiger charge is -2.29. The number of ether oxygens (including phenoxy) is 1. The maximum absolute atomic E-state index is 12.5. The van der Waals surface area contributed by atoms with Gasteiger partial charge in [0, 0.05) is 22.9 Å². The summed E-state index contributed by atoms with van der Waals surface area (Å²) >= 11 is 1.75. The number of anilines is 2. The first kappa shape index (κ1) is 15.4. The number of carbonyl (C=O) groups is 2. The minimum absolute atomic E-state index is 0.177. The number of esters is 1. The number of methoxy groups -OCH3 is 1. The summed E-state index contributed by atoms with van der Waals surface area (Å²) < 4.78 is 4.65. The van der Waals surface area contributed by atoms with Crippen LogP contribution in [0.3, 0.4) is 0 Å². The Bertz CT molecular complexity index is 731. The zero-order chi connectivity index (χ0) is 16.2. The number of rotatable bonds is 2. The third kappa shape index (κ3) is 3.32. The van der Waals surface area contributed by atoms with Crippen LogP contribution in [0.15, 0.2) is 53.4 Å². The number of hydrogen-bond acceptors (Lipinski definition) is 4. The van der Waals surface area contributed by atoms with Crippen LogP contribution in [0.1, 0.15) is 10.4 Å². The van der Waals surface area contributed by atoms with Crippen LogP contribution in [-0.4, -0.2) is 31.4 Å². The van der Waals surface area contributed by atoms with Gasteiger partial charge in [0.2, 0.25) is 0 Å². The van der Waals surface area contributed by atoms with Gasteiger partial charge in [-0.25, -0.2) is 9.59 Å². The summed E-state index contributed by atoms with van der Waals surface area (Å²) in [5, 5.41) is 2.86. The van der Waals surface area contributed by atoms with Crippen molar-refractivity contribution < 1.29 is 14.3 Å². The third-order valence-electron chi connectivity index (χ3n) is 3.53. The number of urea groups is 1. The summed E-state index contributed by atoms with van der Waals surface area (Å²) in [4.78, 5) is 26.8. The van der Waals surface area contributed by atoms with Crippen LogP contribution in [0.5, 0.6) is 0 Å². The first-order valence-electron chi connectivity index (χ1n) is 7.18. The second-order valence-corrected chi connectivity index (χ2v) is 6.10. The monoisotopic (exact) mass is 328 g/mol. The Morgan fingerprint density at radius 3 is 2.61 bits per heavy atom. The summed E-state index contributed by atoms with van der Waals surface area (Å²) in [5.74, 6) is 0.468. The fourth-order valence-corrected chi connectivity index (χ4v) is 3.37. The average molecular weight is 328 g/mol. The van der Waals surface area contributed by atoms with Crippen LogP contribution in [0.2, 0.25) is 0 Å². The van der Waals surface area contributed by atoms with E-state index in [1.54, 1.807) is 40.9 Å². The van der Waals surface area contributed by atoms with Crippen molar-refractivity contribution in [1.29, 1.82) is 0 Å². The molecule has 1 N–H and O–H groups in total. The van der Waals surface area contributed by atoms with Crippen molar-refractivity contribution in [3.05, 3.63) is 54.1 Å². The molecule has 0 atom stereocenters. The highest BCUT2D eigenvalue weighted by Gasteiger charge is 2.22. The molecular weight excluding hydrogens is 312 g/mol. The second-order valence-electron chi connectivity index (χ2n) is 4.97. The number of carbonyl (C=O) groups excluding carboxylic acids is 2. The number of benzene rings is 2. The first-order chi connectivity index (χ1) is 11.2. The van der Waals surface area contributed by atoms with Gasteiger partial charge >= 0.3 is 12.0 Å². The number of para-hydroxylation sites is 1. The van der Waals surface area contributed by atoms with E-state index in [0.717, 1.165) is 16.3 Å². The molecule has 23 heavy (non-hydrogen) atoms. The average Bonchev–Trinajstić information content (AvgIpc) is 2.61. The molecule has 0 saturated carbocycles. The highest BCUT2D eigenvalue weighted by Crippen LogP contribution is 2.34. The standard InChI is InChI=1S/C17H16N2O3S/c1-22-16(20)12-6-8-13(9-7-12)18-17(21)19-10-11-23-15-5-3-2-4-14(15)19/h2-9H,10-11H2,1H3,(H,18,21). The van der Waals surface area contributed by atoms with Gasteiger partial charge in [0.05, 0.1) is 18.4 Å². The van der Waals surface area contributed by atoms with Gasteiger partial charge < -0.3 is 10.1 Å². The molecule has 0 radical (unpaired) electrons. The van der Waals surface area contributed by atoms with Crippen molar-refractivity contribution in [3.63, 3.8) is 0 Å². The SMILES string of the molecule is COC(=O)c1ccc(NC(=O)N2CCSc3ccccc32)cc1. The molecule has 0 spiro atoms. The molecule has 0 aliphatic carbocycles. The molecule has 3 rings (SSSR count). The molecule has 0 saturated heterocycles. The van der Waals surface area contributed by atoms with Crippen molar-refractivity contribution in [2.75, 3.05) is 29.6 Å². The lowest BCUT2D eigenvalue weighted by Crippen LogP contribution is -2.38. The van der Waals surface area contributed by atoms with E-state index < -0.39 is 5.97 Å². The Morgan fingerprint density at radius 1 is 1.13 bits per heavy atom. The summed E-state index contributed by atoms with van der Waals surface area (Å²) in [7, 11) is 1.34. The first-order valence-corrected chi connectivity index (χ1v) is 8.16. The molecule has 1 heterocycles. The van der Waals surface area contributed by atoms with Gasteiger partial charge in [-0.15, -0.1) is 11.8 Å². The lowest BCUT2D eigenvalue weighted by atomic mass is 10.2. The number of hydrogen-bond donors (Lipinski definition) is 1. The minimum atomic E-state index is -0.398. The zero-order valence-electron chi connectivity index (χ0n) is 12.6. The number of nitrogens with zero attached hydrogens (tertiary/aromatic N) is 1. The maximum atomic E-state index is 12.5. The Hall–Kier alpha value is -2.47. The van der Waals surface area contributed by atoms with Crippen LogP contribution in [-0.2, 0) is 4.74 Å². The van der Waals surface area contributed by atoms with E-state index in [-0.39, 0.29) is 6.03 Å². The largest absolute Gasteiger partial charge is 0.465 e. The highest BCUT2D eigenvalue weighted by molar-refractivity contribution is 7.99. The smallest absolute Gasteiger partial charge is 0.337 e. The topological polar surface area (TPSA) is 58.6 Å². The van der Waals surface area contributed by atoms with Gasteiger partial charge in [0.25, 0.3) is 0 Å². The molecule has 1 aliphatic heterocycles. The van der Waals surface area contributed by atoms with Crippen molar-refractivity contribution >= 4 is 35.1 Å². The fourth-order valence-electron chi connectivity index (χ4n) is 2.38. The van der Waals surface area contributed by atoms with E-state index in [9.17, 15) is 9.59 Å². The Morgan fingerprint density at radius 2 is 1.87 bits per heavy atom. The summed E-state index contributed by atoms with van der Waals surface area (Å²) in [6.07, 6.45) is 0. The fraction of sp³-hybridized carbons (Fsp3) is 0.176. The molecule has 0 fully saturated rings. The summed E-state index contributed by atoms with van der Waals surface area (Å²) in [6.45, 7) is 0.660. The maximum Gasteiger partial charge on any atom is 0.337 e. The molecule has 6 heteroatoms. The van der Waals surface area contributed by atoms with E-state index in [2.05, 4.69) is 10.1 Å². The van der Waals surface area contributed by atoms with Crippen LogP contribution < -0.4 is 10.2 Å². The Balaban J connectivity index is 1.74. The zero-order valence-corrected chi connectivity index (χ0v) is 13.4. The molecule has 5 nitrogen and oxygen atoms in total. The molecule has 2 aromatic carbocycles. The van der Waals surface area contributed by atoms with Crippen LogP contribution in [0.4, 0.5) is 16.2 Å². The van der Waals surface area contributed by atoms with E-state index in [1.165, 1.54) is 7.11 Å². The second kappa shape index (κ2) is 6.75. The molecule has 0 unspecified atom stereocenters. The van der Waals surface area contributed by atoms with E-state index >= 15 is 0 Å². The predicted molar refractivity (Wildman–Crippen MR) is 91.3 cm³/mol. The molecule has 1 aliphatic rings. The Kier molecular flexibility index (Phi) is 4.52. The van der Waals surface area contributed by atoms with Gasteiger partial charge in [-0.05, 0) is 36.4 Å². The van der Waals surface area contributed by atoms with Crippen LogP contribution in [0, 0.1) is 0 Å². The minimum Gasteiger partial charge on any atom is -0.465 e. The number of fused-ring (bicyclic) bond motifs is 1. The third-order valence-corrected chi connectivity index (χ3v) is 4.57. The molecular formula is C17H16N2O3S. The number of nitrogens with one attached hydrogen (secondary N) is 1. The van der Waals surface area contributed by atoms with E-state index in [4.69, 9.17) is 0 Å². The van der Waals surface area contributed by atoms with Crippen molar-refractivity contribution in [2.24, 2.45) is 0 Å². The molecule has 0 bridgehead atoms. The van der Waals surface area contributed by atoms with Crippen LogP contribution >= 0.6 is 11.8 Å². The Labute approximate surface area is 138 Å². The predicted octanol–water partition coefficient (Wildman–Crippen LogP) is 3.62. The summed E-state index contributed by atoms with van der Waals surface area (Å²) in [5.41, 5.74) is 2.01. The van der Waals surface area contributed by atoms with Gasteiger partial charge in [0.1, 0.15) is 0 Å². The normalized spacial score (nSPS) is 13.2. The van der Waals surface area contributed by atoms with Crippen molar-refractivity contribution in [1.82, 2.24) is 0 Å². The number of amides is 2. The van der Waals surface area contributed by atoms with Crippen molar-refractivity contribution in [3.8, 4) is 0 Å².